The summed E-state index contributed by atoms with van der Waals surface area (Å²) >= 11 is 0. The van der Waals surface area contributed by atoms with Crippen molar-refractivity contribution in [2.24, 2.45) is 5.92 Å². The van der Waals surface area contributed by atoms with Crippen LogP contribution in [0.2, 0.25) is 0 Å². The molecule has 0 N–H and O–H groups in total. The normalized spacial score (nSPS) is 12.8. The van der Waals surface area contributed by atoms with E-state index in [9.17, 15) is 13.0 Å². The summed E-state index contributed by atoms with van der Waals surface area (Å²) in [4.78, 5) is 0. The number of allylic oxidation sites excluding steroid dienone is 1. The maximum absolute atomic E-state index is 10.8. The first kappa shape index (κ1) is 37.8. The molecule has 0 spiro atoms. The van der Waals surface area contributed by atoms with Gasteiger partial charge in [-0.15, -0.1) is 0 Å². The molecule has 0 fully saturated rings. The summed E-state index contributed by atoms with van der Waals surface area (Å²) < 4.78 is 37.1. The van der Waals surface area contributed by atoms with E-state index in [1.807, 2.05) is 0 Å². The molecule has 0 aromatic carbocycles. The van der Waals surface area contributed by atoms with Crippen molar-refractivity contribution in [1.82, 2.24) is 0 Å². The molecular formula is C29H57NaO4S. The first-order valence-electron chi connectivity index (χ1n) is 14.8. The SMILES string of the molecule is CCCCCCCCCCCCCCC/C=C/C(CCCCCCCCCC)COS(=O)(=O)[O-].[Na+]. The first-order valence-corrected chi connectivity index (χ1v) is 16.1. The molecule has 0 aliphatic heterocycles. The van der Waals surface area contributed by atoms with E-state index in [1.165, 1.54) is 128 Å². The second kappa shape index (κ2) is 29.2. The van der Waals surface area contributed by atoms with Gasteiger partial charge in [-0.05, 0) is 19.3 Å². The fourth-order valence-electron chi connectivity index (χ4n) is 4.51. The summed E-state index contributed by atoms with van der Waals surface area (Å²) in [5, 5.41) is 0. The van der Waals surface area contributed by atoms with Crippen LogP contribution in [0, 0.1) is 5.92 Å². The quantitative estimate of drug-likeness (QED) is 0.0397. The van der Waals surface area contributed by atoms with Crippen molar-refractivity contribution in [3.63, 3.8) is 0 Å². The van der Waals surface area contributed by atoms with Crippen molar-refractivity contribution in [1.29, 1.82) is 0 Å². The zero-order valence-corrected chi connectivity index (χ0v) is 26.6. The van der Waals surface area contributed by atoms with Crippen LogP contribution >= 0.6 is 0 Å². The Hall–Kier alpha value is 0.610. The molecule has 0 bridgehead atoms. The van der Waals surface area contributed by atoms with E-state index < -0.39 is 10.4 Å². The van der Waals surface area contributed by atoms with E-state index in [-0.39, 0.29) is 42.1 Å². The van der Waals surface area contributed by atoms with Gasteiger partial charge in [0.2, 0.25) is 10.4 Å². The molecular weight excluding hydrogens is 467 g/mol. The molecule has 4 nitrogen and oxygen atoms in total. The van der Waals surface area contributed by atoms with Crippen molar-refractivity contribution < 1.29 is 46.7 Å². The molecule has 0 heterocycles. The van der Waals surface area contributed by atoms with E-state index in [4.69, 9.17) is 0 Å². The third kappa shape index (κ3) is 32.6. The Morgan fingerprint density at radius 3 is 1.40 bits per heavy atom. The van der Waals surface area contributed by atoms with Crippen LogP contribution in [0.1, 0.15) is 162 Å². The van der Waals surface area contributed by atoms with Crippen LogP contribution in [0.5, 0.6) is 0 Å². The van der Waals surface area contributed by atoms with Gasteiger partial charge in [0, 0.05) is 5.92 Å². The molecule has 35 heavy (non-hydrogen) atoms. The largest absolute Gasteiger partial charge is 1.00 e. The van der Waals surface area contributed by atoms with E-state index in [0.717, 1.165) is 19.3 Å². The summed E-state index contributed by atoms with van der Waals surface area (Å²) in [5.41, 5.74) is 0. The van der Waals surface area contributed by atoms with Crippen molar-refractivity contribution >= 4 is 10.4 Å². The van der Waals surface area contributed by atoms with Gasteiger partial charge in [0.15, 0.2) is 0 Å². The molecule has 0 aromatic heterocycles. The Balaban J connectivity index is 0. The third-order valence-corrected chi connectivity index (χ3v) is 7.16. The smallest absolute Gasteiger partial charge is 0.726 e. The number of unbranched alkanes of at least 4 members (excludes halogenated alkanes) is 20. The minimum atomic E-state index is -4.61. The molecule has 0 aliphatic carbocycles. The summed E-state index contributed by atoms with van der Waals surface area (Å²) in [6.07, 6.45) is 33.8. The van der Waals surface area contributed by atoms with Crippen LogP contribution in [-0.4, -0.2) is 19.6 Å². The topological polar surface area (TPSA) is 66.4 Å². The van der Waals surface area contributed by atoms with Crippen molar-refractivity contribution in [3.8, 4) is 0 Å². The second-order valence-corrected chi connectivity index (χ2v) is 11.2. The first-order chi connectivity index (χ1) is 16.5. The number of hydrogen-bond donors (Lipinski definition) is 0. The minimum absolute atomic E-state index is 0. The molecule has 1 atom stereocenters. The Bertz CT molecular complexity index is 537. The number of hydrogen-bond acceptors (Lipinski definition) is 4. The fraction of sp³-hybridized carbons (Fsp3) is 0.931. The van der Waals surface area contributed by atoms with E-state index in [0.29, 0.717) is 0 Å². The average Bonchev–Trinajstić information content (AvgIpc) is 2.80. The van der Waals surface area contributed by atoms with Crippen LogP contribution in [0.3, 0.4) is 0 Å². The van der Waals surface area contributed by atoms with Gasteiger partial charge in [0.05, 0.1) is 6.61 Å². The van der Waals surface area contributed by atoms with Crippen LogP contribution in [0.25, 0.3) is 0 Å². The molecule has 6 heteroatoms. The molecule has 0 aliphatic rings. The monoisotopic (exact) mass is 524 g/mol. The Morgan fingerprint density at radius 2 is 1.00 bits per heavy atom. The van der Waals surface area contributed by atoms with E-state index in [1.54, 1.807) is 0 Å². The van der Waals surface area contributed by atoms with Gasteiger partial charge in [-0.3, -0.25) is 4.18 Å². The summed E-state index contributed by atoms with van der Waals surface area (Å²) in [6, 6.07) is 0. The molecule has 204 valence electrons. The van der Waals surface area contributed by atoms with Crippen molar-refractivity contribution in [3.05, 3.63) is 12.2 Å². The summed E-state index contributed by atoms with van der Waals surface area (Å²) in [5.74, 6) is 0.0192. The van der Waals surface area contributed by atoms with Gasteiger partial charge in [-0.1, -0.05) is 154 Å². The Morgan fingerprint density at radius 1 is 0.629 bits per heavy atom. The Labute approximate surface area is 242 Å². The Kier molecular flexibility index (Phi) is 31.5. The standard InChI is InChI=1S/C29H58O4S.Na/c1-3-5-7-9-11-13-14-15-16-17-18-19-21-23-25-27-29(28-33-34(30,31)32)26-24-22-20-12-10-8-6-4-2;/h25,27,29H,3-24,26,28H2,1-2H3,(H,30,31,32);/q;+1/p-1/b27-25+;. The third-order valence-electron chi connectivity index (χ3n) is 6.74. The van der Waals surface area contributed by atoms with Crippen molar-refractivity contribution in [2.45, 2.75) is 162 Å². The van der Waals surface area contributed by atoms with Crippen molar-refractivity contribution in [2.75, 3.05) is 6.61 Å². The second-order valence-electron chi connectivity index (χ2n) is 10.2. The molecule has 0 radical (unpaired) electrons. The maximum Gasteiger partial charge on any atom is 1.00 e. The van der Waals surface area contributed by atoms with Gasteiger partial charge in [-0.25, -0.2) is 8.42 Å². The van der Waals surface area contributed by atoms with Gasteiger partial charge in [-0.2, -0.15) is 0 Å². The predicted molar refractivity (Wildman–Crippen MR) is 146 cm³/mol. The predicted octanol–water partition coefficient (Wildman–Crippen LogP) is 6.65. The zero-order chi connectivity index (χ0) is 25.2. The van der Waals surface area contributed by atoms with Crippen LogP contribution in [0.15, 0.2) is 12.2 Å². The van der Waals surface area contributed by atoms with Crippen LogP contribution in [0.4, 0.5) is 0 Å². The molecule has 1 unspecified atom stereocenters. The minimum Gasteiger partial charge on any atom is -0.726 e. The average molecular weight is 525 g/mol. The van der Waals surface area contributed by atoms with Crippen LogP contribution in [-0.2, 0) is 14.6 Å². The molecule has 0 aromatic rings. The van der Waals surface area contributed by atoms with Gasteiger partial charge >= 0.3 is 29.6 Å². The van der Waals surface area contributed by atoms with E-state index in [2.05, 4.69) is 30.2 Å². The molecule has 0 saturated carbocycles. The summed E-state index contributed by atoms with van der Waals surface area (Å²) in [6.45, 7) is 4.49. The molecule has 0 amide bonds. The summed E-state index contributed by atoms with van der Waals surface area (Å²) in [7, 11) is -4.61. The van der Waals surface area contributed by atoms with Gasteiger partial charge in [0.1, 0.15) is 0 Å². The maximum atomic E-state index is 10.8. The van der Waals surface area contributed by atoms with E-state index >= 15 is 0 Å². The van der Waals surface area contributed by atoms with Crippen LogP contribution < -0.4 is 29.6 Å². The fourth-order valence-corrected chi connectivity index (χ4v) is 4.86. The molecule has 0 saturated heterocycles. The number of rotatable bonds is 27. The van der Waals surface area contributed by atoms with Gasteiger partial charge in [0.25, 0.3) is 0 Å². The van der Waals surface area contributed by atoms with Gasteiger partial charge < -0.3 is 4.55 Å². The molecule has 0 rings (SSSR count). The zero-order valence-electron chi connectivity index (χ0n) is 23.7.